The number of ether oxygens (including phenoxy) is 2. The van der Waals surface area contributed by atoms with Crippen molar-refractivity contribution in [1.29, 1.82) is 0 Å². The van der Waals surface area contributed by atoms with Gasteiger partial charge < -0.3 is 13.9 Å². The number of carbonyl (C=O) groups excluding carboxylic acids is 1. The molecule has 0 saturated heterocycles. The Bertz CT molecular complexity index is 862. The Hall–Kier alpha value is -2.86. The fourth-order valence-corrected chi connectivity index (χ4v) is 2.34. The molecule has 0 bridgehead atoms. The summed E-state index contributed by atoms with van der Waals surface area (Å²) in [5.41, 5.74) is 1.04. The van der Waals surface area contributed by atoms with Gasteiger partial charge in [0.1, 0.15) is 5.75 Å². The molecule has 0 fully saturated rings. The van der Waals surface area contributed by atoms with Crippen molar-refractivity contribution in [2.24, 2.45) is 0 Å². The Kier molecular flexibility index (Phi) is 5.30. The highest BCUT2D eigenvalue weighted by atomic mass is 35.5. The Morgan fingerprint density at radius 3 is 2.60 bits per heavy atom. The van der Waals surface area contributed by atoms with E-state index in [0.29, 0.717) is 28.5 Å². The quantitative estimate of drug-likeness (QED) is 0.616. The molecule has 3 rings (SSSR count). The number of hydrogen-bond acceptors (Lipinski definition) is 6. The van der Waals surface area contributed by atoms with Crippen molar-refractivity contribution in [2.75, 3.05) is 6.61 Å². The minimum absolute atomic E-state index is 0.122. The van der Waals surface area contributed by atoms with E-state index in [4.69, 9.17) is 25.5 Å². The summed E-state index contributed by atoms with van der Waals surface area (Å²) in [4.78, 5) is 12.0. The molecule has 0 atom stereocenters. The number of rotatable bonds is 6. The molecule has 0 radical (unpaired) electrons. The Morgan fingerprint density at radius 2 is 1.88 bits per heavy atom. The van der Waals surface area contributed by atoms with E-state index in [1.807, 2.05) is 19.1 Å². The number of carbonyl (C=O) groups is 1. The Labute approximate surface area is 149 Å². The molecule has 0 saturated carbocycles. The third-order valence-corrected chi connectivity index (χ3v) is 3.63. The number of aromatic nitrogens is 2. The lowest BCUT2D eigenvalue weighted by atomic mass is 10.2. The van der Waals surface area contributed by atoms with Gasteiger partial charge in [-0.1, -0.05) is 23.7 Å². The molecule has 1 aromatic heterocycles. The predicted octanol–water partition coefficient (Wildman–Crippen LogP) is 4.15. The van der Waals surface area contributed by atoms with Crippen molar-refractivity contribution < 1.29 is 18.7 Å². The highest BCUT2D eigenvalue weighted by molar-refractivity contribution is 6.33. The van der Waals surface area contributed by atoms with Crippen LogP contribution in [0.1, 0.15) is 23.2 Å². The van der Waals surface area contributed by atoms with Crippen molar-refractivity contribution in [1.82, 2.24) is 10.2 Å². The molecule has 3 aromatic rings. The second-order valence-corrected chi connectivity index (χ2v) is 5.42. The lowest BCUT2D eigenvalue weighted by molar-refractivity contribution is 0.0438. The third-order valence-electron chi connectivity index (χ3n) is 3.30. The van der Waals surface area contributed by atoms with Gasteiger partial charge in [0.05, 0.1) is 22.8 Å². The van der Waals surface area contributed by atoms with Crippen LogP contribution in [0.25, 0.3) is 11.5 Å². The largest absolute Gasteiger partial charge is 0.494 e. The van der Waals surface area contributed by atoms with Crippen LogP contribution in [-0.2, 0) is 11.3 Å². The molecular formula is C18H15ClN2O4. The van der Waals surface area contributed by atoms with Gasteiger partial charge in [-0.15, -0.1) is 10.2 Å². The summed E-state index contributed by atoms with van der Waals surface area (Å²) < 4.78 is 16.0. The van der Waals surface area contributed by atoms with Crippen molar-refractivity contribution in [3.8, 4) is 17.2 Å². The maximum atomic E-state index is 12.0. The Balaban J connectivity index is 1.62. The fourth-order valence-electron chi connectivity index (χ4n) is 2.12. The van der Waals surface area contributed by atoms with E-state index in [1.54, 1.807) is 36.4 Å². The summed E-state index contributed by atoms with van der Waals surface area (Å²) in [6.45, 7) is 2.33. The third kappa shape index (κ3) is 4.16. The summed E-state index contributed by atoms with van der Waals surface area (Å²) in [6.07, 6.45) is 0. The highest BCUT2D eigenvalue weighted by Gasteiger charge is 2.14. The Morgan fingerprint density at radius 1 is 1.12 bits per heavy atom. The van der Waals surface area contributed by atoms with Crippen molar-refractivity contribution in [3.63, 3.8) is 0 Å². The lowest BCUT2D eigenvalue weighted by Crippen LogP contribution is -2.05. The van der Waals surface area contributed by atoms with E-state index >= 15 is 0 Å². The number of hydrogen-bond donors (Lipinski definition) is 0. The van der Waals surface area contributed by atoms with E-state index in [-0.39, 0.29) is 18.4 Å². The molecule has 6 nitrogen and oxygen atoms in total. The zero-order chi connectivity index (χ0) is 17.6. The molecule has 2 aromatic carbocycles. The minimum atomic E-state index is -0.486. The smallest absolute Gasteiger partial charge is 0.338 e. The maximum Gasteiger partial charge on any atom is 0.338 e. The summed E-state index contributed by atoms with van der Waals surface area (Å²) in [6, 6.07) is 13.8. The van der Waals surface area contributed by atoms with Crippen molar-refractivity contribution >= 4 is 17.6 Å². The molecule has 0 N–H and O–H groups in total. The molecule has 0 aliphatic rings. The van der Waals surface area contributed by atoms with Crippen LogP contribution in [0, 0.1) is 0 Å². The van der Waals surface area contributed by atoms with Crippen LogP contribution in [0.15, 0.2) is 52.9 Å². The first kappa shape index (κ1) is 17.0. The van der Waals surface area contributed by atoms with Gasteiger partial charge in [-0.2, -0.15) is 0 Å². The van der Waals surface area contributed by atoms with Gasteiger partial charge in [-0.3, -0.25) is 0 Å². The lowest BCUT2D eigenvalue weighted by Gasteiger charge is -2.04. The zero-order valence-electron chi connectivity index (χ0n) is 13.4. The second kappa shape index (κ2) is 7.81. The standard InChI is InChI=1S/C18H15ClN2O4/c1-2-23-13-9-7-12(8-10-13)18(22)24-11-16-20-21-17(25-16)14-5-3-4-6-15(14)19/h3-10H,2,11H2,1H3. The molecule has 25 heavy (non-hydrogen) atoms. The van der Waals surface area contributed by atoms with E-state index < -0.39 is 5.97 Å². The predicted molar refractivity (Wildman–Crippen MR) is 91.5 cm³/mol. The number of halogens is 1. The second-order valence-electron chi connectivity index (χ2n) is 5.01. The first-order chi connectivity index (χ1) is 12.2. The summed E-state index contributed by atoms with van der Waals surface area (Å²) in [5.74, 6) is 0.674. The van der Waals surface area contributed by atoms with E-state index in [1.165, 1.54) is 0 Å². The average Bonchev–Trinajstić information content (AvgIpc) is 3.10. The van der Waals surface area contributed by atoms with Crippen LogP contribution >= 0.6 is 11.6 Å². The van der Waals surface area contributed by atoms with Crippen molar-refractivity contribution in [3.05, 3.63) is 65.0 Å². The highest BCUT2D eigenvalue weighted by Crippen LogP contribution is 2.26. The van der Waals surface area contributed by atoms with E-state index in [9.17, 15) is 4.79 Å². The normalized spacial score (nSPS) is 10.5. The molecule has 128 valence electrons. The molecule has 0 aliphatic carbocycles. The molecule has 0 aliphatic heterocycles. The van der Waals surface area contributed by atoms with Gasteiger partial charge in [-0.05, 0) is 43.3 Å². The van der Waals surface area contributed by atoms with Crippen LogP contribution in [0.2, 0.25) is 5.02 Å². The number of esters is 1. The van der Waals surface area contributed by atoms with Crippen LogP contribution < -0.4 is 4.74 Å². The van der Waals surface area contributed by atoms with Gasteiger partial charge in [0.2, 0.25) is 5.89 Å². The molecule has 7 heteroatoms. The van der Waals surface area contributed by atoms with Crippen LogP contribution in [0.3, 0.4) is 0 Å². The van der Waals surface area contributed by atoms with Crippen LogP contribution in [-0.4, -0.2) is 22.8 Å². The van der Waals surface area contributed by atoms with E-state index in [2.05, 4.69) is 10.2 Å². The van der Waals surface area contributed by atoms with Crippen molar-refractivity contribution in [2.45, 2.75) is 13.5 Å². The van der Waals surface area contributed by atoms with Gasteiger partial charge in [-0.25, -0.2) is 4.79 Å². The van der Waals surface area contributed by atoms with Gasteiger partial charge >= 0.3 is 5.97 Å². The summed E-state index contributed by atoms with van der Waals surface area (Å²) >= 11 is 6.09. The minimum Gasteiger partial charge on any atom is -0.494 e. The van der Waals surface area contributed by atoms with E-state index in [0.717, 1.165) is 0 Å². The zero-order valence-corrected chi connectivity index (χ0v) is 14.2. The molecule has 1 heterocycles. The summed E-state index contributed by atoms with van der Waals surface area (Å²) in [5, 5.41) is 8.29. The van der Waals surface area contributed by atoms with Crippen LogP contribution in [0.5, 0.6) is 5.75 Å². The SMILES string of the molecule is CCOc1ccc(C(=O)OCc2nnc(-c3ccccc3Cl)o2)cc1. The van der Waals surface area contributed by atoms with Gasteiger partial charge in [0, 0.05) is 0 Å². The molecular weight excluding hydrogens is 344 g/mol. The first-order valence-corrected chi connectivity index (χ1v) is 8.02. The van der Waals surface area contributed by atoms with Gasteiger partial charge in [0.25, 0.3) is 5.89 Å². The molecule has 0 amide bonds. The monoisotopic (exact) mass is 358 g/mol. The molecule has 0 spiro atoms. The fraction of sp³-hybridized carbons (Fsp3) is 0.167. The van der Waals surface area contributed by atoms with Gasteiger partial charge in [0.15, 0.2) is 6.61 Å². The average molecular weight is 359 g/mol. The summed E-state index contributed by atoms with van der Waals surface area (Å²) in [7, 11) is 0. The maximum absolute atomic E-state index is 12.0. The number of benzene rings is 2. The first-order valence-electron chi connectivity index (χ1n) is 7.64. The molecule has 0 unspecified atom stereocenters. The van der Waals surface area contributed by atoms with Crippen LogP contribution in [0.4, 0.5) is 0 Å². The topological polar surface area (TPSA) is 74.5 Å². The number of nitrogens with zero attached hydrogens (tertiary/aromatic N) is 2.